The molecule has 0 spiro atoms. The van der Waals surface area contributed by atoms with Crippen molar-refractivity contribution < 1.29 is 24.9 Å². The number of piperidine rings is 1. The normalized spacial score (nSPS) is 48.6. The molecule has 0 amide bonds. The second-order valence-electron chi connectivity index (χ2n) is 12.5. The Bertz CT molecular complexity index is 863. The number of likely N-dealkylation sites (tertiary alicyclic amines) is 1. The number of aliphatic hydroxyl groups excluding tert-OH is 2. The number of Topliss-reactive ketones (excluding diaryl/α,β-unsaturated/α-hetero) is 1. The van der Waals surface area contributed by atoms with E-state index in [0.29, 0.717) is 25.8 Å². The summed E-state index contributed by atoms with van der Waals surface area (Å²) in [6.07, 6.45) is 5.60. The first kappa shape index (κ1) is 23.7. The summed E-state index contributed by atoms with van der Waals surface area (Å²) in [5.74, 6) is 0.411. The van der Waals surface area contributed by atoms with Crippen molar-refractivity contribution in [2.24, 2.45) is 34.5 Å². The number of nitrogens with zero attached hydrogens (tertiary/aromatic N) is 1. The van der Waals surface area contributed by atoms with Crippen LogP contribution in [0.4, 0.5) is 0 Å². The Morgan fingerprint density at radius 2 is 1.76 bits per heavy atom. The van der Waals surface area contributed by atoms with Gasteiger partial charge in [-0.1, -0.05) is 20.8 Å². The smallest absolute Gasteiger partial charge is 0.159 e. The summed E-state index contributed by atoms with van der Waals surface area (Å²) >= 11 is 0. The molecule has 33 heavy (non-hydrogen) atoms. The van der Waals surface area contributed by atoms with Crippen molar-refractivity contribution in [2.45, 2.75) is 89.9 Å². The van der Waals surface area contributed by atoms with Crippen LogP contribution in [-0.2, 0) is 9.59 Å². The summed E-state index contributed by atoms with van der Waals surface area (Å²) in [6.45, 7) is 8.80. The van der Waals surface area contributed by atoms with Gasteiger partial charge in [0.25, 0.3) is 0 Å². The number of fused-ring (bicyclic) bond motifs is 5. The molecule has 5 aliphatic rings. The molecule has 6 nitrogen and oxygen atoms in total. The van der Waals surface area contributed by atoms with E-state index in [-0.39, 0.29) is 35.7 Å². The standard InChI is InChI=1S/C27H41NO5/c1-16-6-10-28(11-7-16)15-24(32)18-5-9-27(33)19-12-21(29)20-13-22(30)23(31)14-25(20,2)17(19)4-8-26(18,27)3/h12,16-18,20,22-23,30-31,33H,4-11,13-15H2,1-3H3/t17?,18-,20+,22-,23+,25-,26-,27-/m1/s1. The number of allylic oxidation sites excluding steroid dienone is 1. The van der Waals surface area contributed by atoms with Crippen LogP contribution in [0, 0.1) is 34.5 Å². The van der Waals surface area contributed by atoms with Crippen molar-refractivity contribution in [3.05, 3.63) is 11.6 Å². The van der Waals surface area contributed by atoms with Gasteiger partial charge in [-0.05, 0) is 93.4 Å². The fraction of sp³-hybridized carbons (Fsp3) is 0.852. The average Bonchev–Trinajstić information content (AvgIpc) is 3.04. The van der Waals surface area contributed by atoms with E-state index in [1.54, 1.807) is 6.08 Å². The van der Waals surface area contributed by atoms with Gasteiger partial charge in [0.2, 0.25) is 0 Å². The topological polar surface area (TPSA) is 98.1 Å². The Morgan fingerprint density at radius 3 is 2.45 bits per heavy atom. The van der Waals surface area contributed by atoms with E-state index in [0.717, 1.165) is 50.3 Å². The summed E-state index contributed by atoms with van der Waals surface area (Å²) < 4.78 is 0. The second kappa shape index (κ2) is 7.97. The van der Waals surface area contributed by atoms with E-state index in [4.69, 9.17) is 0 Å². The van der Waals surface area contributed by atoms with Crippen LogP contribution in [0.2, 0.25) is 0 Å². The number of carbonyl (C=O) groups excluding carboxylic acids is 2. The van der Waals surface area contributed by atoms with Crippen LogP contribution < -0.4 is 0 Å². The lowest BCUT2D eigenvalue weighted by atomic mass is 9.46. The molecule has 4 fully saturated rings. The zero-order valence-electron chi connectivity index (χ0n) is 20.4. The quantitative estimate of drug-likeness (QED) is 0.600. The molecule has 0 radical (unpaired) electrons. The summed E-state index contributed by atoms with van der Waals surface area (Å²) in [6, 6.07) is 0. The van der Waals surface area contributed by atoms with E-state index < -0.39 is 28.6 Å². The highest BCUT2D eigenvalue weighted by atomic mass is 16.3. The van der Waals surface area contributed by atoms with Crippen LogP contribution in [0.25, 0.3) is 0 Å². The van der Waals surface area contributed by atoms with Crippen LogP contribution in [-0.4, -0.2) is 69.2 Å². The van der Waals surface area contributed by atoms with Crippen molar-refractivity contribution in [1.82, 2.24) is 4.90 Å². The second-order valence-corrected chi connectivity index (χ2v) is 12.5. The number of hydrogen-bond acceptors (Lipinski definition) is 6. The van der Waals surface area contributed by atoms with Gasteiger partial charge in [-0.2, -0.15) is 0 Å². The number of carbonyl (C=O) groups is 2. The van der Waals surface area contributed by atoms with Crippen LogP contribution in [0.5, 0.6) is 0 Å². The Hall–Kier alpha value is -1.08. The summed E-state index contributed by atoms with van der Waals surface area (Å²) in [7, 11) is 0. The lowest BCUT2D eigenvalue weighted by Crippen LogP contribution is -2.61. The van der Waals surface area contributed by atoms with Gasteiger partial charge in [0, 0.05) is 17.3 Å². The highest BCUT2D eigenvalue weighted by Gasteiger charge is 2.67. The molecule has 3 N–H and O–H groups in total. The minimum absolute atomic E-state index is 0.00198. The van der Waals surface area contributed by atoms with Gasteiger partial charge >= 0.3 is 0 Å². The molecule has 6 heteroatoms. The van der Waals surface area contributed by atoms with Gasteiger partial charge in [0.1, 0.15) is 0 Å². The molecule has 1 saturated heterocycles. The largest absolute Gasteiger partial charge is 0.390 e. The van der Waals surface area contributed by atoms with Crippen LogP contribution in [0.1, 0.15) is 72.1 Å². The van der Waals surface area contributed by atoms with E-state index >= 15 is 0 Å². The van der Waals surface area contributed by atoms with Gasteiger partial charge < -0.3 is 15.3 Å². The van der Waals surface area contributed by atoms with Gasteiger partial charge in [-0.15, -0.1) is 0 Å². The lowest BCUT2D eigenvalue weighted by molar-refractivity contribution is -0.154. The van der Waals surface area contributed by atoms with Gasteiger partial charge in [0.15, 0.2) is 11.6 Å². The molecule has 1 heterocycles. The SMILES string of the molecule is CC1CCN(CC(=O)[C@H]2CC[C@@]3(O)C4=CC(=O)[C@@H]5C[C@@H](O)[C@@H](O)C[C@]5(C)C4CC[C@]23C)CC1. The fourth-order valence-electron chi connectivity index (χ4n) is 8.44. The van der Waals surface area contributed by atoms with Gasteiger partial charge in [-0.25, -0.2) is 0 Å². The van der Waals surface area contributed by atoms with Crippen molar-refractivity contribution in [2.75, 3.05) is 19.6 Å². The average molecular weight is 460 g/mol. The van der Waals surface area contributed by atoms with E-state index in [9.17, 15) is 24.9 Å². The number of rotatable bonds is 3. The van der Waals surface area contributed by atoms with Crippen LogP contribution in [0.15, 0.2) is 11.6 Å². The highest BCUT2D eigenvalue weighted by Crippen LogP contribution is 2.67. The molecule has 0 aromatic rings. The zero-order chi connectivity index (χ0) is 23.8. The van der Waals surface area contributed by atoms with Crippen LogP contribution in [0.3, 0.4) is 0 Å². The molecule has 8 atom stereocenters. The molecule has 0 bridgehead atoms. The molecule has 1 unspecified atom stereocenters. The molecule has 184 valence electrons. The lowest BCUT2D eigenvalue weighted by Gasteiger charge is -2.59. The zero-order valence-corrected chi connectivity index (χ0v) is 20.4. The number of hydrogen-bond donors (Lipinski definition) is 3. The van der Waals surface area contributed by atoms with Crippen molar-refractivity contribution in [1.29, 1.82) is 0 Å². The predicted molar refractivity (Wildman–Crippen MR) is 124 cm³/mol. The Balaban J connectivity index is 1.41. The summed E-state index contributed by atoms with van der Waals surface area (Å²) in [5, 5.41) is 32.8. The Labute approximate surface area is 197 Å². The van der Waals surface area contributed by atoms with Crippen molar-refractivity contribution in [3.63, 3.8) is 0 Å². The van der Waals surface area contributed by atoms with Crippen LogP contribution >= 0.6 is 0 Å². The fourth-order valence-corrected chi connectivity index (χ4v) is 8.44. The monoisotopic (exact) mass is 459 g/mol. The number of aliphatic hydroxyl groups is 3. The Kier molecular flexibility index (Phi) is 5.71. The highest BCUT2D eigenvalue weighted by molar-refractivity contribution is 5.95. The van der Waals surface area contributed by atoms with E-state index in [1.165, 1.54) is 0 Å². The summed E-state index contributed by atoms with van der Waals surface area (Å²) in [5.41, 5.74) is -1.39. The van der Waals surface area contributed by atoms with Crippen molar-refractivity contribution in [3.8, 4) is 0 Å². The first-order valence-electron chi connectivity index (χ1n) is 13.1. The molecular weight excluding hydrogens is 418 g/mol. The summed E-state index contributed by atoms with van der Waals surface area (Å²) in [4.78, 5) is 29.0. The van der Waals surface area contributed by atoms with E-state index in [2.05, 4.69) is 25.7 Å². The number of ketones is 2. The molecular formula is C27H41NO5. The molecule has 4 aliphatic carbocycles. The molecule has 5 rings (SSSR count). The minimum Gasteiger partial charge on any atom is -0.390 e. The van der Waals surface area contributed by atoms with Crippen molar-refractivity contribution >= 4 is 11.6 Å². The van der Waals surface area contributed by atoms with Gasteiger partial charge in [0.05, 0.1) is 24.4 Å². The first-order chi connectivity index (χ1) is 15.5. The molecule has 0 aromatic carbocycles. The third-order valence-corrected chi connectivity index (χ3v) is 10.8. The maximum Gasteiger partial charge on any atom is 0.159 e. The molecule has 3 saturated carbocycles. The third kappa shape index (κ3) is 3.42. The molecule has 0 aromatic heterocycles. The maximum absolute atomic E-state index is 13.5. The predicted octanol–water partition coefficient (Wildman–Crippen LogP) is 2.49. The van der Waals surface area contributed by atoms with E-state index in [1.807, 2.05) is 0 Å². The third-order valence-electron chi connectivity index (χ3n) is 10.8. The Morgan fingerprint density at radius 1 is 1.06 bits per heavy atom. The minimum atomic E-state index is -1.16. The maximum atomic E-state index is 13.5. The van der Waals surface area contributed by atoms with Gasteiger partial charge in [-0.3, -0.25) is 14.5 Å². The molecule has 1 aliphatic heterocycles. The first-order valence-corrected chi connectivity index (χ1v) is 13.1.